The lowest BCUT2D eigenvalue weighted by molar-refractivity contribution is -0.134. The molecule has 0 aliphatic rings. The summed E-state index contributed by atoms with van der Waals surface area (Å²) in [5, 5.41) is 0. The van der Waals surface area contributed by atoms with Gasteiger partial charge in [0.05, 0.1) is 0 Å². The maximum absolute atomic E-state index is 13.3. The average molecular weight is 274 g/mol. The second-order valence-electron chi connectivity index (χ2n) is 4.19. The van der Waals surface area contributed by atoms with Gasteiger partial charge in [-0.1, -0.05) is 37.3 Å². The molecule has 0 fully saturated rings. The maximum atomic E-state index is 13.3. The van der Waals surface area contributed by atoms with Gasteiger partial charge in [0, 0.05) is 12.5 Å². The summed E-state index contributed by atoms with van der Waals surface area (Å²) < 4.78 is 23.9. The minimum Gasteiger partial charge on any atom is -0.485 e. The summed E-state index contributed by atoms with van der Waals surface area (Å²) in [5.41, 5.74) is 0.949. The molecule has 2 aromatic rings. The van der Waals surface area contributed by atoms with E-state index < -0.39 is 5.82 Å². The first-order valence-electron chi connectivity index (χ1n) is 6.36. The molecule has 0 heterocycles. The maximum Gasteiger partial charge on any atom is 0.311 e. The van der Waals surface area contributed by atoms with E-state index in [-0.39, 0.29) is 30.5 Å². The van der Waals surface area contributed by atoms with Crippen molar-refractivity contribution < 1.29 is 18.7 Å². The Labute approximate surface area is 117 Å². The quantitative estimate of drug-likeness (QED) is 0.615. The number of hydrogen-bond donors (Lipinski definition) is 0. The van der Waals surface area contributed by atoms with Crippen LogP contribution in [0.15, 0.2) is 48.5 Å². The van der Waals surface area contributed by atoms with Crippen LogP contribution in [0.25, 0.3) is 0 Å². The molecule has 0 saturated heterocycles. The van der Waals surface area contributed by atoms with E-state index in [0.29, 0.717) is 0 Å². The Morgan fingerprint density at radius 3 is 2.55 bits per heavy atom. The summed E-state index contributed by atoms with van der Waals surface area (Å²) in [6.07, 6.45) is 0.246. The highest BCUT2D eigenvalue weighted by Crippen LogP contribution is 2.29. The van der Waals surface area contributed by atoms with Crippen LogP contribution in [-0.2, 0) is 11.4 Å². The van der Waals surface area contributed by atoms with Crippen LogP contribution in [0, 0.1) is 5.82 Å². The molecule has 0 atom stereocenters. The normalized spacial score (nSPS) is 10.1. The molecule has 2 aromatic carbocycles. The van der Waals surface area contributed by atoms with Crippen LogP contribution in [0.4, 0.5) is 4.39 Å². The van der Waals surface area contributed by atoms with E-state index in [1.54, 1.807) is 6.92 Å². The summed E-state index contributed by atoms with van der Waals surface area (Å²) >= 11 is 0. The number of carbonyl (C=O) groups excluding carboxylic acids is 1. The van der Waals surface area contributed by atoms with Crippen LogP contribution in [0.5, 0.6) is 11.5 Å². The van der Waals surface area contributed by atoms with Crippen LogP contribution < -0.4 is 9.47 Å². The monoisotopic (exact) mass is 274 g/mol. The Morgan fingerprint density at radius 1 is 1.10 bits per heavy atom. The van der Waals surface area contributed by atoms with E-state index in [1.165, 1.54) is 18.2 Å². The minimum atomic E-state index is -0.440. The van der Waals surface area contributed by atoms with E-state index in [4.69, 9.17) is 9.47 Å². The Balaban J connectivity index is 2.13. The fourth-order valence-corrected chi connectivity index (χ4v) is 1.61. The number of rotatable bonds is 5. The Hall–Kier alpha value is -2.36. The molecule has 0 N–H and O–H groups in total. The largest absolute Gasteiger partial charge is 0.485 e. The van der Waals surface area contributed by atoms with Crippen LogP contribution in [0.1, 0.15) is 18.9 Å². The molecule has 0 aliphatic heterocycles. The van der Waals surface area contributed by atoms with Gasteiger partial charge >= 0.3 is 5.97 Å². The number of halogens is 1. The molecule has 104 valence electrons. The molecule has 0 aliphatic carbocycles. The number of esters is 1. The lowest BCUT2D eigenvalue weighted by atomic mass is 10.2. The third kappa shape index (κ3) is 3.82. The van der Waals surface area contributed by atoms with E-state index in [1.807, 2.05) is 30.3 Å². The first-order valence-corrected chi connectivity index (χ1v) is 6.36. The second-order valence-corrected chi connectivity index (χ2v) is 4.19. The van der Waals surface area contributed by atoms with Crippen molar-refractivity contribution >= 4 is 5.97 Å². The smallest absolute Gasteiger partial charge is 0.311 e. The lowest BCUT2D eigenvalue weighted by Gasteiger charge is -2.11. The van der Waals surface area contributed by atoms with E-state index >= 15 is 0 Å². The van der Waals surface area contributed by atoms with Gasteiger partial charge in [-0.3, -0.25) is 4.79 Å². The summed E-state index contributed by atoms with van der Waals surface area (Å²) in [6.45, 7) is 1.97. The Bertz CT molecular complexity index is 582. The molecule has 0 unspecified atom stereocenters. The highest BCUT2D eigenvalue weighted by molar-refractivity contribution is 5.72. The van der Waals surface area contributed by atoms with Crippen LogP contribution in [0.2, 0.25) is 0 Å². The van der Waals surface area contributed by atoms with E-state index in [9.17, 15) is 9.18 Å². The lowest BCUT2D eigenvalue weighted by Crippen LogP contribution is -2.07. The topological polar surface area (TPSA) is 35.5 Å². The molecule has 0 saturated carbocycles. The summed E-state index contributed by atoms with van der Waals surface area (Å²) in [5.74, 6) is -0.379. The second kappa shape index (κ2) is 6.70. The van der Waals surface area contributed by atoms with Gasteiger partial charge in [0.1, 0.15) is 12.4 Å². The van der Waals surface area contributed by atoms with Crippen molar-refractivity contribution in [1.29, 1.82) is 0 Å². The SMILES string of the molecule is CCC(=O)Oc1ccc(F)cc1OCc1ccccc1. The van der Waals surface area contributed by atoms with Gasteiger partial charge in [0.15, 0.2) is 11.5 Å². The van der Waals surface area contributed by atoms with Crippen molar-refractivity contribution in [3.8, 4) is 11.5 Å². The molecular formula is C16H15FO3. The highest BCUT2D eigenvalue weighted by Gasteiger charge is 2.10. The van der Waals surface area contributed by atoms with Crippen LogP contribution in [0.3, 0.4) is 0 Å². The third-order valence-corrected chi connectivity index (χ3v) is 2.66. The van der Waals surface area contributed by atoms with Gasteiger partial charge in [-0.2, -0.15) is 0 Å². The minimum absolute atomic E-state index is 0.218. The van der Waals surface area contributed by atoms with Crippen molar-refractivity contribution in [3.63, 3.8) is 0 Å². The van der Waals surface area contributed by atoms with Gasteiger partial charge in [-0.15, -0.1) is 0 Å². The number of hydrogen-bond acceptors (Lipinski definition) is 3. The van der Waals surface area contributed by atoms with E-state index in [2.05, 4.69) is 0 Å². The Kier molecular flexibility index (Phi) is 4.71. The highest BCUT2D eigenvalue weighted by atomic mass is 19.1. The van der Waals surface area contributed by atoms with Crippen molar-refractivity contribution in [2.24, 2.45) is 0 Å². The molecular weight excluding hydrogens is 259 g/mol. The van der Waals surface area contributed by atoms with Gasteiger partial charge in [-0.25, -0.2) is 4.39 Å². The predicted molar refractivity (Wildman–Crippen MR) is 73.1 cm³/mol. The van der Waals surface area contributed by atoms with Crippen LogP contribution >= 0.6 is 0 Å². The zero-order chi connectivity index (χ0) is 14.4. The van der Waals surface area contributed by atoms with Gasteiger partial charge in [0.25, 0.3) is 0 Å². The molecule has 4 heteroatoms. The third-order valence-electron chi connectivity index (χ3n) is 2.66. The summed E-state index contributed by atoms with van der Waals surface area (Å²) in [6, 6.07) is 13.3. The molecule has 3 nitrogen and oxygen atoms in total. The fraction of sp³-hybridized carbons (Fsp3) is 0.188. The average Bonchev–Trinajstić information content (AvgIpc) is 2.48. The summed E-state index contributed by atoms with van der Waals surface area (Å²) in [7, 11) is 0. The molecule has 0 spiro atoms. The van der Waals surface area contributed by atoms with Gasteiger partial charge in [0.2, 0.25) is 0 Å². The summed E-state index contributed by atoms with van der Waals surface area (Å²) in [4.78, 5) is 11.3. The molecule has 0 bridgehead atoms. The molecule has 20 heavy (non-hydrogen) atoms. The fourth-order valence-electron chi connectivity index (χ4n) is 1.61. The molecule has 0 aromatic heterocycles. The number of ether oxygens (including phenoxy) is 2. The zero-order valence-electron chi connectivity index (χ0n) is 11.1. The zero-order valence-corrected chi connectivity index (χ0v) is 11.1. The van der Waals surface area contributed by atoms with Crippen molar-refractivity contribution in [2.45, 2.75) is 20.0 Å². The van der Waals surface area contributed by atoms with Gasteiger partial charge in [-0.05, 0) is 17.7 Å². The van der Waals surface area contributed by atoms with E-state index in [0.717, 1.165) is 5.56 Å². The van der Waals surface area contributed by atoms with Crippen LogP contribution in [-0.4, -0.2) is 5.97 Å². The van der Waals surface area contributed by atoms with Crippen molar-refractivity contribution in [3.05, 3.63) is 59.9 Å². The molecule has 0 amide bonds. The molecule has 0 radical (unpaired) electrons. The standard InChI is InChI=1S/C16H15FO3/c1-2-16(18)20-14-9-8-13(17)10-15(14)19-11-12-6-4-3-5-7-12/h3-10H,2,11H2,1H3. The Morgan fingerprint density at radius 2 is 1.85 bits per heavy atom. The van der Waals surface area contributed by atoms with Crippen molar-refractivity contribution in [2.75, 3.05) is 0 Å². The number of carbonyl (C=O) groups is 1. The molecule has 2 rings (SSSR count). The van der Waals surface area contributed by atoms with Gasteiger partial charge < -0.3 is 9.47 Å². The predicted octanol–water partition coefficient (Wildman–Crippen LogP) is 3.72. The number of benzene rings is 2. The van der Waals surface area contributed by atoms with Crippen molar-refractivity contribution in [1.82, 2.24) is 0 Å². The first-order chi connectivity index (χ1) is 9.69. The first kappa shape index (κ1) is 14.1.